The number of alkyl halides is 9. The van der Waals surface area contributed by atoms with Gasteiger partial charge in [-0.15, -0.1) is 0 Å². The van der Waals surface area contributed by atoms with Crippen molar-refractivity contribution in [3.63, 3.8) is 0 Å². The highest BCUT2D eigenvalue weighted by atomic mass is 79.9. The van der Waals surface area contributed by atoms with Crippen LogP contribution < -0.4 is 0 Å². The lowest BCUT2D eigenvalue weighted by atomic mass is 9.71. The Morgan fingerprint density at radius 1 is 0.423 bits per heavy atom. The van der Waals surface area contributed by atoms with Gasteiger partial charge >= 0.3 is 18.5 Å². The first-order valence-electron chi connectivity index (χ1n) is 19.6. The van der Waals surface area contributed by atoms with E-state index in [9.17, 15) is 71.1 Å². The van der Waals surface area contributed by atoms with E-state index in [1.165, 1.54) is 48.5 Å². The van der Waals surface area contributed by atoms with E-state index in [-0.39, 0.29) is 46.4 Å². The van der Waals surface area contributed by atoms with Crippen LogP contribution in [0.2, 0.25) is 0 Å². The van der Waals surface area contributed by atoms with Crippen molar-refractivity contribution in [2.45, 2.75) is 43.7 Å². The minimum absolute atomic E-state index is 0. The first-order chi connectivity index (χ1) is 32.8. The summed E-state index contributed by atoms with van der Waals surface area (Å²) in [6.45, 7) is 0. The van der Waals surface area contributed by atoms with E-state index in [4.69, 9.17) is 10.5 Å². The van der Waals surface area contributed by atoms with Crippen molar-refractivity contribution in [1.29, 1.82) is 15.8 Å². The molecule has 0 bridgehead atoms. The molecule has 7 rings (SSSR count). The van der Waals surface area contributed by atoms with Gasteiger partial charge in [-0.25, -0.2) is 26.3 Å². The predicted molar refractivity (Wildman–Crippen MR) is 237 cm³/mol. The third-order valence-electron chi connectivity index (χ3n) is 9.63. The van der Waals surface area contributed by atoms with Crippen LogP contribution in [0.5, 0.6) is 0 Å². The monoisotopic (exact) mass is 1060 g/mol. The van der Waals surface area contributed by atoms with Gasteiger partial charge in [0, 0.05) is 4.47 Å². The third kappa shape index (κ3) is 16.8. The van der Waals surface area contributed by atoms with E-state index >= 15 is 0 Å². The van der Waals surface area contributed by atoms with Crippen molar-refractivity contribution in [3.8, 4) is 18.2 Å². The summed E-state index contributed by atoms with van der Waals surface area (Å²) in [7, 11) is 0. The van der Waals surface area contributed by atoms with Crippen LogP contribution in [0.15, 0.2) is 162 Å². The zero-order valence-corrected chi connectivity index (χ0v) is 36.8. The van der Waals surface area contributed by atoms with Crippen LogP contribution in [0.1, 0.15) is 63.4 Å². The molecule has 0 aliphatic rings. The van der Waals surface area contributed by atoms with Crippen LogP contribution in [0, 0.1) is 68.9 Å². The number of rotatable bonds is 6. The minimum atomic E-state index is -4.77. The highest BCUT2D eigenvalue weighted by Crippen LogP contribution is 2.40. The number of nitriles is 3. The minimum Gasteiger partial charge on any atom is -0.207 e. The Kier molecular flexibility index (Phi) is 20.2. The standard InChI is InChI=1S/C22H14F5N.C15H8F5N.C7H3BrF4.C7H4FN.CH4/c23-19-8-6-16(7-9-19)21(14-28,13-15-4-2-1-3-5-15)17-10-18(22(25,26)27)12-20(24)11-17;16-12-3-1-9(2-4-12)14(8-21)10-5-11(15(18,19)20)7-13(17)6-10;8-5-1-4(7(10,11)12)2-6(9)3-5;8-7-3-1-6(5-9)2-4-7;/h1-12H,13H2;1-7,14H;1-3H;1-4H;1H4. The molecule has 2 atom stereocenters. The molecule has 0 fully saturated rings. The fourth-order valence-corrected chi connectivity index (χ4v) is 6.82. The van der Waals surface area contributed by atoms with Gasteiger partial charge in [-0.2, -0.15) is 55.3 Å². The molecule has 71 heavy (non-hydrogen) atoms. The molecule has 0 aliphatic heterocycles. The zero-order valence-electron chi connectivity index (χ0n) is 35.2. The summed E-state index contributed by atoms with van der Waals surface area (Å²) in [6, 6.07) is 35.7. The first-order valence-corrected chi connectivity index (χ1v) is 20.4. The van der Waals surface area contributed by atoms with Gasteiger partial charge in [-0.1, -0.05) is 78.0 Å². The van der Waals surface area contributed by atoms with Crippen molar-refractivity contribution in [2.24, 2.45) is 0 Å². The topological polar surface area (TPSA) is 71.4 Å². The van der Waals surface area contributed by atoms with E-state index < -0.39 is 75.6 Å². The second-order valence-corrected chi connectivity index (χ2v) is 15.5. The second kappa shape index (κ2) is 24.8. The van der Waals surface area contributed by atoms with E-state index in [1.807, 2.05) is 6.07 Å². The van der Waals surface area contributed by atoms with Crippen molar-refractivity contribution >= 4 is 15.9 Å². The molecule has 0 saturated carbocycles. The number of nitrogens with zero attached hydrogens (tertiary/aromatic N) is 3. The molecule has 3 nitrogen and oxygen atoms in total. The van der Waals surface area contributed by atoms with Gasteiger partial charge in [0.1, 0.15) is 40.3 Å². The molecule has 368 valence electrons. The van der Waals surface area contributed by atoms with Crippen LogP contribution in [-0.2, 0) is 30.4 Å². The van der Waals surface area contributed by atoms with Gasteiger partial charge in [-0.3, -0.25) is 0 Å². The van der Waals surface area contributed by atoms with E-state index in [2.05, 4.69) is 22.0 Å². The van der Waals surface area contributed by atoms with Gasteiger partial charge in [0.05, 0.1) is 46.4 Å². The maximum atomic E-state index is 14.1. The zero-order chi connectivity index (χ0) is 52.0. The molecule has 0 radical (unpaired) electrons. The predicted octanol–water partition coefficient (Wildman–Crippen LogP) is 16.6. The molecular formula is C52H33BrF15N3. The van der Waals surface area contributed by atoms with Crippen LogP contribution in [0.4, 0.5) is 65.9 Å². The molecule has 7 aromatic rings. The largest absolute Gasteiger partial charge is 0.416 e. The Morgan fingerprint density at radius 2 is 0.845 bits per heavy atom. The average molecular weight is 1060 g/mol. The van der Waals surface area contributed by atoms with Crippen molar-refractivity contribution in [3.05, 3.63) is 247 Å². The molecule has 7 aromatic carbocycles. The highest BCUT2D eigenvalue weighted by Gasteiger charge is 2.39. The normalized spacial score (nSPS) is 12.2. The van der Waals surface area contributed by atoms with Crippen LogP contribution in [-0.4, -0.2) is 0 Å². The summed E-state index contributed by atoms with van der Waals surface area (Å²) < 4.78 is 192. The molecule has 0 aromatic heterocycles. The molecule has 0 spiro atoms. The highest BCUT2D eigenvalue weighted by molar-refractivity contribution is 9.10. The lowest BCUT2D eigenvalue weighted by molar-refractivity contribution is -0.138. The number of hydrogen-bond acceptors (Lipinski definition) is 3. The van der Waals surface area contributed by atoms with Gasteiger partial charge in [0.15, 0.2) is 0 Å². The smallest absolute Gasteiger partial charge is 0.207 e. The fourth-order valence-electron chi connectivity index (χ4n) is 6.36. The van der Waals surface area contributed by atoms with Gasteiger partial charge in [0.25, 0.3) is 0 Å². The van der Waals surface area contributed by atoms with Crippen LogP contribution in [0.25, 0.3) is 0 Å². The van der Waals surface area contributed by atoms with Crippen molar-refractivity contribution in [2.75, 3.05) is 0 Å². The first kappa shape index (κ1) is 57.8. The maximum Gasteiger partial charge on any atom is 0.416 e. The summed E-state index contributed by atoms with van der Waals surface area (Å²) >= 11 is 2.77. The van der Waals surface area contributed by atoms with Crippen molar-refractivity contribution in [1.82, 2.24) is 0 Å². The molecule has 0 aliphatic carbocycles. The number of hydrogen-bond donors (Lipinski definition) is 0. The Bertz CT molecular complexity index is 2950. The summed E-state index contributed by atoms with van der Waals surface area (Å²) in [4.78, 5) is 0. The molecule has 19 heteroatoms. The Hall–Kier alpha value is -7.56. The fraction of sp³-hybridized carbons (Fsp3) is 0.135. The second-order valence-electron chi connectivity index (χ2n) is 14.6. The summed E-state index contributed by atoms with van der Waals surface area (Å²) in [6.07, 6.45) is -14.0. The molecule has 0 N–H and O–H groups in total. The van der Waals surface area contributed by atoms with Crippen molar-refractivity contribution < 1.29 is 65.9 Å². The van der Waals surface area contributed by atoms with Crippen LogP contribution in [0.3, 0.4) is 0 Å². The quantitative estimate of drug-likeness (QED) is 0.156. The number of benzene rings is 7. The van der Waals surface area contributed by atoms with E-state index in [0.29, 0.717) is 29.3 Å². The summed E-state index contributed by atoms with van der Waals surface area (Å²) in [5.74, 6) is -5.59. The Labute approximate surface area is 405 Å². The maximum absolute atomic E-state index is 14.1. The molecule has 0 heterocycles. The molecule has 0 amide bonds. The average Bonchev–Trinajstić information content (AvgIpc) is 3.29. The molecular weight excluding hydrogens is 1030 g/mol. The van der Waals surface area contributed by atoms with Crippen LogP contribution >= 0.6 is 15.9 Å². The molecule has 2 unspecified atom stereocenters. The van der Waals surface area contributed by atoms with E-state index in [0.717, 1.165) is 60.7 Å². The number of halogens is 16. The van der Waals surface area contributed by atoms with Gasteiger partial charge < -0.3 is 0 Å². The molecule has 0 saturated heterocycles. The van der Waals surface area contributed by atoms with Gasteiger partial charge in [-0.05, 0) is 137 Å². The SMILES string of the molecule is C.Fc1cc(Br)cc(C(F)(F)F)c1.N#CC(Cc1ccccc1)(c1ccc(F)cc1)c1cc(F)cc(C(F)(F)F)c1.N#CC(c1ccc(F)cc1)c1cc(F)cc(C(F)(F)F)c1.N#Cc1ccc(F)cc1. The summed E-state index contributed by atoms with van der Waals surface area (Å²) in [5.41, 5.74) is -3.52. The van der Waals surface area contributed by atoms with E-state index in [1.54, 1.807) is 36.4 Å². The lowest BCUT2D eigenvalue weighted by Crippen LogP contribution is -2.29. The third-order valence-corrected chi connectivity index (χ3v) is 10.1. The summed E-state index contributed by atoms with van der Waals surface area (Å²) in [5, 5.41) is 27.4. The Morgan fingerprint density at radius 3 is 1.30 bits per heavy atom. The Balaban J connectivity index is 0.000000271. The lowest BCUT2D eigenvalue weighted by Gasteiger charge is -2.29. The van der Waals surface area contributed by atoms with Gasteiger partial charge in [0.2, 0.25) is 0 Å².